The second-order valence-electron chi connectivity index (χ2n) is 18.4. The maximum absolute atomic E-state index is 14.2. The van der Waals surface area contributed by atoms with Gasteiger partial charge >= 0.3 is 23.9 Å². The minimum absolute atomic E-state index is 0.00263. The number of amides is 8. The smallest absolute Gasteiger partial charge is 0.326 e. The molecule has 30 heteroatoms. The summed E-state index contributed by atoms with van der Waals surface area (Å²) in [6.45, 7) is 9.06. The Labute approximate surface area is 425 Å². The predicted molar refractivity (Wildman–Crippen MR) is 259 cm³/mol. The van der Waals surface area contributed by atoms with Gasteiger partial charge in [0.25, 0.3) is 0 Å². The first-order valence-electron chi connectivity index (χ1n) is 23.6. The van der Waals surface area contributed by atoms with Gasteiger partial charge in [-0.3, -0.25) is 57.7 Å². The van der Waals surface area contributed by atoms with Gasteiger partial charge in [-0.1, -0.05) is 41.5 Å². The Balaban J connectivity index is 3.50. The summed E-state index contributed by atoms with van der Waals surface area (Å²) in [5, 5.41) is 56.7. The van der Waals surface area contributed by atoms with Crippen LogP contribution in [-0.2, 0) is 64.0 Å². The Bertz CT molecular complexity index is 2150. The zero-order valence-corrected chi connectivity index (χ0v) is 42.1. The molecule has 0 aliphatic heterocycles. The van der Waals surface area contributed by atoms with E-state index in [0.717, 1.165) is 0 Å². The molecule has 0 aliphatic rings. The van der Waals surface area contributed by atoms with Gasteiger partial charge in [0.05, 0.1) is 31.8 Å². The normalized spacial score (nSPS) is 14.3. The molecule has 30 nitrogen and oxygen atoms in total. The fourth-order valence-electron chi connectivity index (χ4n) is 6.88. The molecule has 1 aromatic heterocycles. The number of nitrogens with two attached hydrogens (primary N) is 3. The molecule has 0 unspecified atom stereocenters. The second-order valence-corrected chi connectivity index (χ2v) is 18.4. The molecular weight excluding hydrogens is 981 g/mol. The van der Waals surface area contributed by atoms with Crippen LogP contribution in [0.15, 0.2) is 17.5 Å². The van der Waals surface area contributed by atoms with Crippen molar-refractivity contribution in [3.63, 3.8) is 0 Å². The van der Waals surface area contributed by atoms with E-state index in [9.17, 15) is 72.9 Å². The summed E-state index contributed by atoms with van der Waals surface area (Å²) in [4.78, 5) is 165. The second kappa shape index (κ2) is 32.2. The van der Waals surface area contributed by atoms with Crippen LogP contribution in [0.3, 0.4) is 0 Å². The van der Waals surface area contributed by atoms with Gasteiger partial charge in [-0.25, -0.2) is 9.78 Å². The first-order chi connectivity index (χ1) is 34.5. The van der Waals surface area contributed by atoms with Gasteiger partial charge in [0.2, 0.25) is 47.3 Å². The number of imidazole rings is 1. The number of rotatable bonds is 35. The minimum atomic E-state index is -1.90. The number of aromatic nitrogens is 2. The van der Waals surface area contributed by atoms with Crippen molar-refractivity contribution >= 4 is 77.1 Å². The van der Waals surface area contributed by atoms with Crippen LogP contribution in [0.4, 0.5) is 0 Å². The summed E-state index contributed by atoms with van der Waals surface area (Å²) in [5.74, 6) is -15.2. The lowest BCUT2D eigenvalue weighted by Gasteiger charge is -2.28. The Kier molecular flexibility index (Phi) is 27.9. The maximum Gasteiger partial charge on any atom is 0.326 e. The van der Waals surface area contributed by atoms with Crippen LogP contribution in [-0.4, -0.2) is 169 Å². The number of hydrogen-bond donors (Lipinski definition) is 16. The average molecular weight is 1050 g/mol. The predicted octanol–water partition coefficient (Wildman–Crippen LogP) is -4.51. The number of carbonyl (C=O) groups excluding carboxylic acids is 8. The number of carbonyl (C=O) groups is 12. The number of aliphatic carboxylic acids is 4. The van der Waals surface area contributed by atoms with E-state index in [4.69, 9.17) is 22.3 Å². The number of carboxylic acids is 4. The number of H-pyrrole nitrogens is 1. The summed E-state index contributed by atoms with van der Waals surface area (Å²) >= 11 is 0. The lowest BCUT2D eigenvalue weighted by molar-refractivity contribution is -0.143. The van der Waals surface area contributed by atoms with Gasteiger partial charge < -0.3 is 85.1 Å². The molecule has 8 atom stereocenters. The zero-order valence-electron chi connectivity index (χ0n) is 42.1. The van der Waals surface area contributed by atoms with Crippen LogP contribution in [0.1, 0.15) is 98.6 Å². The largest absolute Gasteiger partial charge is 0.481 e. The van der Waals surface area contributed by atoms with E-state index in [1.165, 1.54) is 12.5 Å². The van der Waals surface area contributed by atoms with Crippen molar-refractivity contribution in [1.82, 2.24) is 52.5 Å². The lowest BCUT2D eigenvalue weighted by atomic mass is 9.99. The molecule has 0 saturated heterocycles. The van der Waals surface area contributed by atoms with Crippen molar-refractivity contribution in [2.45, 2.75) is 148 Å². The third-order valence-corrected chi connectivity index (χ3v) is 10.6. The summed E-state index contributed by atoms with van der Waals surface area (Å²) in [5.41, 5.74) is 16.7. The first kappa shape index (κ1) is 64.1. The van der Waals surface area contributed by atoms with Crippen molar-refractivity contribution in [2.75, 3.05) is 13.1 Å². The van der Waals surface area contributed by atoms with Gasteiger partial charge in [0, 0.05) is 31.3 Å². The van der Waals surface area contributed by atoms with Crippen molar-refractivity contribution in [1.29, 1.82) is 0 Å². The standard InChI is InChI=1S/C44H72N14O16/c1-20(2)12-27(55-36(66)24(45)15-33(62)63)37(67)50-18-31(59)52-29(16-34(64)65)41(71)56-28(14-23-17-48-19-51-23)40(70)53-25(8-7-11-49-44(46)47)38(68)54-26(9-10-32(60)61)39(69)58-35(22(5)6)42(72)57-30(43(73)74)13-21(3)4/h17,19-22,24-30,35H,7-16,18,45H2,1-6H3,(H,48,51)(H,50,67)(H,52,59)(H,53,70)(H,54,68)(H,55,66)(H,56,71)(H,57,72)(H,58,69)(H,60,61)(H,62,63)(H,64,65)(H,73,74)(H4,46,47,49)/t24-,25-,26-,27-,28-,29-,30-,35-/m0/s1. The number of aromatic amines is 1. The molecule has 1 heterocycles. The van der Waals surface area contributed by atoms with Crippen molar-refractivity contribution in [2.24, 2.45) is 39.9 Å². The third kappa shape index (κ3) is 25.5. The third-order valence-electron chi connectivity index (χ3n) is 10.6. The Morgan fingerprint density at radius 3 is 1.62 bits per heavy atom. The van der Waals surface area contributed by atoms with Gasteiger partial charge in [0.15, 0.2) is 5.96 Å². The SMILES string of the molecule is CC(C)C[C@H](NC(=O)[C@@H](NC(=O)[C@H](CCC(=O)O)NC(=O)[C@H](CCCN=C(N)N)NC(=O)[C@H](Cc1cnc[nH]1)NC(=O)[C@H](CC(=O)O)NC(=O)CNC(=O)[C@H](CC(C)C)NC(=O)[C@@H](N)CC(=O)O)C(C)C)C(=O)O. The van der Waals surface area contributed by atoms with E-state index < -0.39 is 158 Å². The van der Waals surface area contributed by atoms with E-state index in [1.54, 1.807) is 41.5 Å². The van der Waals surface area contributed by atoms with Crippen molar-refractivity contribution in [3.05, 3.63) is 18.2 Å². The van der Waals surface area contributed by atoms with Gasteiger partial charge in [-0.2, -0.15) is 0 Å². The molecule has 0 radical (unpaired) electrons. The number of guanidine groups is 1. The highest BCUT2D eigenvalue weighted by atomic mass is 16.4. The molecule has 1 rings (SSSR count). The van der Waals surface area contributed by atoms with E-state index in [-0.39, 0.29) is 62.1 Å². The molecule has 0 saturated carbocycles. The molecule has 0 aliphatic carbocycles. The highest BCUT2D eigenvalue weighted by Gasteiger charge is 2.35. The van der Waals surface area contributed by atoms with Crippen molar-refractivity contribution in [3.8, 4) is 0 Å². The number of hydrogen-bond acceptors (Lipinski definition) is 15. The van der Waals surface area contributed by atoms with Crippen LogP contribution in [0.2, 0.25) is 0 Å². The molecular formula is C44H72N14O16. The number of aliphatic imine (C=N–C) groups is 1. The summed E-state index contributed by atoms with van der Waals surface area (Å²) in [6.07, 6.45) is -1.03. The zero-order chi connectivity index (χ0) is 56.4. The topological polar surface area (TPSA) is 501 Å². The van der Waals surface area contributed by atoms with E-state index >= 15 is 0 Å². The molecule has 8 amide bonds. The highest BCUT2D eigenvalue weighted by Crippen LogP contribution is 2.12. The molecule has 74 heavy (non-hydrogen) atoms. The van der Waals surface area contributed by atoms with E-state index in [2.05, 4.69) is 57.5 Å². The molecule has 0 spiro atoms. The maximum atomic E-state index is 14.2. The average Bonchev–Trinajstić information content (AvgIpc) is 3.80. The lowest BCUT2D eigenvalue weighted by Crippen LogP contribution is -2.60. The summed E-state index contributed by atoms with van der Waals surface area (Å²) in [6, 6.07) is -12.3. The van der Waals surface area contributed by atoms with Gasteiger partial charge in [-0.05, 0) is 49.9 Å². The highest BCUT2D eigenvalue weighted by molar-refractivity contribution is 5.98. The number of carboxylic acid groups (broad SMARTS) is 4. The van der Waals surface area contributed by atoms with Gasteiger partial charge in [-0.15, -0.1) is 0 Å². The molecule has 19 N–H and O–H groups in total. The molecule has 414 valence electrons. The van der Waals surface area contributed by atoms with E-state index in [0.29, 0.717) is 0 Å². The number of nitrogens with zero attached hydrogens (tertiary/aromatic N) is 2. The Hall–Kier alpha value is -7.92. The van der Waals surface area contributed by atoms with Crippen LogP contribution in [0, 0.1) is 17.8 Å². The summed E-state index contributed by atoms with van der Waals surface area (Å²) in [7, 11) is 0. The molecule has 0 bridgehead atoms. The van der Waals surface area contributed by atoms with Crippen LogP contribution >= 0.6 is 0 Å². The molecule has 0 fully saturated rings. The fourth-order valence-corrected chi connectivity index (χ4v) is 6.88. The Morgan fingerprint density at radius 2 is 1.11 bits per heavy atom. The van der Waals surface area contributed by atoms with Crippen molar-refractivity contribution < 1.29 is 78.0 Å². The van der Waals surface area contributed by atoms with Crippen LogP contribution < -0.4 is 59.7 Å². The quantitative estimate of drug-likeness (QED) is 0.0173. The monoisotopic (exact) mass is 1050 g/mol. The first-order valence-corrected chi connectivity index (χ1v) is 23.6. The van der Waals surface area contributed by atoms with Gasteiger partial charge in [0.1, 0.15) is 42.3 Å². The Morgan fingerprint density at radius 1 is 0.595 bits per heavy atom. The van der Waals surface area contributed by atoms with Crippen LogP contribution in [0.25, 0.3) is 0 Å². The number of nitrogens with one attached hydrogen (secondary N) is 9. The fraction of sp³-hybridized carbons (Fsp3) is 0.636. The molecule has 1 aromatic rings. The minimum Gasteiger partial charge on any atom is -0.481 e. The van der Waals surface area contributed by atoms with Crippen LogP contribution in [0.5, 0.6) is 0 Å². The van der Waals surface area contributed by atoms with E-state index in [1.807, 2.05) is 0 Å². The molecule has 0 aromatic carbocycles. The summed E-state index contributed by atoms with van der Waals surface area (Å²) < 4.78 is 0.